The zero-order valence-corrected chi connectivity index (χ0v) is 7.76. The molecule has 0 aromatic carbocycles. The summed E-state index contributed by atoms with van der Waals surface area (Å²) in [6, 6.07) is 0. The van der Waals surface area contributed by atoms with Gasteiger partial charge in [-0.25, -0.2) is 0 Å². The number of hydrogen-bond donors (Lipinski definition) is 0. The molecule has 0 spiro atoms. The highest BCUT2D eigenvalue weighted by atomic mass is 16.5. The predicted octanol–water partition coefficient (Wildman–Crippen LogP) is 2.93. The Morgan fingerprint density at radius 3 is 2.64 bits per heavy atom. The minimum absolute atomic E-state index is 0.316. The van der Waals surface area contributed by atoms with Crippen molar-refractivity contribution in [1.29, 1.82) is 0 Å². The maximum absolute atomic E-state index is 5.11. The molecule has 0 saturated heterocycles. The van der Waals surface area contributed by atoms with Gasteiger partial charge in [-0.05, 0) is 19.8 Å². The molecule has 64 valence electrons. The molecule has 0 amide bonds. The fourth-order valence-corrected chi connectivity index (χ4v) is 0.786. The largest absolute Gasteiger partial charge is 0.381 e. The lowest BCUT2D eigenvalue weighted by Crippen LogP contribution is -2.02. The van der Waals surface area contributed by atoms with Crippen LogP contribution in [0.5, 0.6) is 0 Å². The van der Waals surface area contributed by atoms with Gasteiger partial charge < -0.3 is 4.74 Å². The molecule has 0 aromatic heterocycles. The summed E-state index contributed by atoms with van der Waals surface area (Å²) >= 11 is 0. The highest BCUT2D eigenvalue weighted by Gasteiger charge is 1.95. The van der Waals surface area contributed by atoms with Crippen LogP contribution in [0.25, 0.3) is 0 Å². The third-order valence-electron chi connectivity index (χ3n) is 1.78. The number of methoxy groups -OCH3 is 1. The van der Waals surface area contributed by atoms with Gasteiger partial charge in [0, 0.05) is 7.11 Å². The predicted molar refractivity (Wildman–Crippen MR) is 49.7 cm³/mol. The summed E-state index contributed by atoms with van der Waals surface area (Å²) in [5, 5.41) is 0. The zero-order chi connectivity index (χ0) is 8.69. The Hall–Kier alpha value is -0.560. The first-order valence-electron chi connectivity index (χ1n) is 4.08. The zero-order valence-electron chi connectivity index (χ0n) is 7.76. The molecular weight excluding hydrogens is 136 g/mol. The standard InChI is InChI=1S/C10H18O/c1-5-10(6-2)8-7-9(3)11-4/h5,8-9H,1,6-7H2,2-4H3/b10-8+. The van der Waals surface area contributed by atoms with Crippen LogP contribution in [-0.4, -0.2) is 13.2 Å². The minimum atomic E-state index is 0.316. The monoisotopic (exact) mass is 154 g/mol. The second kappa shape index (κ2) is 6.17. The normalized spacial score (nSPS) is 14.6. The summed E-state index contributed by atoms with van der Waals surface area (Å²) in [5.41, 5.74) is 1.30. The summed E-state index contributed by atoms with van der Waals surface area (Å²) in [7, 11) is 1.73. The quantitative estimate of drug-likeness (QED) is 0.553. The van der Waals surface area contributed by atoms with E-state index in [1.807, 2.05) is 6.08 Å². The molecule has 0 aliphatic rings. The number of hydrogen-bond acceptors (Lipinski definition) is 1. The van der Waals surface area contributed by atoms with Gasteiger partial charge in [0.05, 0.1) is 6.10 Å². The van der Waals surface area contributed by atoms with E-state index in [1.165, 1.54) is 5.57 Å². The van der Waals surface area contributed by atoms with Crippen LogP contribution in [0.15, 0.2) is 24.3 Å². The second-order valence-electron chi connectivity index (χ2n) is 2.62. The molecule has 0 aliphatic carbocycles. The van der Waals surface area contributed by atoms with E-state index in [9.17, 15) is 0 Å². The van der Waals surface area contributed by atoms with Crippen LogP contribution >= 0.6 is 0 Å². The molecule has 0 fully saturated rings. The Bertz CT molecular complexity index is 136. The lowest BCUT2D eigenvalue weighted by molar-refractivity contribution is 0.121. The highest BCUT2D eigenvalue weighted by Crippen LogP contribution is 2.05. The smallest absolute Gasteiger partial charge is 0.0577 e. The van der Waals surface area contributed by atoms with Crippen molar-refractivity contribution in [3.8, 4) is 0 Å². The minimum Gasteiger partial charge on any atom is -0.381 e. The SMILES string of the molecule is C=C/C(=C\CC(C)OC)CC. The van der Waals surface area contributed by atoms with Gasteiger partial charge in [-0.3, -0.25) is 0 Å². The Labute approximate surface area is 69.8 Å². The van der Waals surface area contributed by atoms with Crippen LogP contribution in [0.3, 0.4) is 0 Å². The van der Waals surface area contributed by atoms with E-state index < -0.39 is 0 Å². The molecule has 1 nitrogen and oxygen atoms in total. The Kier molecular flexibility index (Phi) is 5.86. The van der Waals surface area contributed by atoms with Crippen LogP contribution in [0.1, 0.15) is 26.7 Å². The number of rotatable bonds is 5. The first-order valence-corrected chi connectivity index (χ1v) is 4.08. The molecule has 0 N–H and O–H groups in total. The Morgan fingerprint density at radius 2 is 2.27 bits per heavy atom. The molecule has 1 atom stereocenters. The molecule has 0 bridgehead atoms. The average Bonchev–Trinajstić information content (AvgIpc) is 2.06. The molecule has 11 heavy (non-hydrogen) atoms. The van der Waals surface area contributed by atoms with Crippen molar-refractivity contribution in [2.24, 2.45) is 0 Å². The van der Waals surface area contributed by atoms with E-state index in [4.69, 9.17) is 4.74 Å². The third kappa shape index (κ3) is 4.79. The van der Waals surface area contributed by atoms with Crippen molar-refractivity contribution in [3.63, 3.8) is 0 Å². The number of allylic oxidation sites excluding steroid dienone is 2. The molecule has 1 unspecified atom stereocenters. The van der Waals surface area contributed by atoms with Crippen molar-refractivity contribution in [3.05, 3.63) is 24.3 Å². The van der Waals surface area contributed by atoms with Gasteiger partial charge in [-0.1, -0.05) is 31.2 Å². The van der Waals surface area contributed by atoms with Gasteiger partial charge in [-0.2, -0.15) is 0 Å². The van der Waals surface area contributed by atoms with E-state index in [0.29, 0.717) is 6.10 Å². The first kappa shape index (κ1) is 10.4. The van der Waals surface area contributed by atoms with Crippen LogP contribution in [0.4, 0.5) is 0 Å². The molecule has 1 heteroatoms. The lowest BCUT2D eigenvalue weighted by atomic mass is 10.1. The average molecular weight is 154 g/mol. The molecule has 0 aliphatic heterocycles. The lowest BCUT2D eigenvalue weighted by Gasteiger charge is -2.05. The summed E-state index contributed by atoms with van der Waals surface area (Å²) in [6.45, 7) is 7.92. The molecule has 0 heterocycles. The second-order valence-corrected chi connectivity index (χ2v) is 2.62. The van der Waals surface area contributed by atoms with E-state index in [-0.39, 0.29) is 0 Å². The maximum atomic E-state index is 5.11. The third-order valence-corrected chi connectivity index (χ3v) is 1.78. The first-order chi connectivity index (χ1) is 5.24. The van der Waals surface area contributed by atoms with Gasteiger partial charge in [0.2, 0.25) is 0 Å². The molecule has 0 aromatic rings. The molecular formula is C10H18O. The van der Waals surface area contributed by atoms with Gasteiger partial charge in [0.15, 0.2) is 0 Å². The van der Waals surface area contributed by atoms with Crippen molar-refractivity contribution >= 4 is 0 Å². The van der Waals surface area contributed by atoms with Gasteiger partial charge >= 0.3 is 0 Å². The van der Waals surface area contributed by atoms with Gasteiger partial charge in [0.25, 0.3) is 0 Å². The Morgan fingerprint density at radius 1 is 1.64 bits per heavy atom. The molecule has 0 radical (unpaired) electrons. The van der Waals surface area contributed by atoms with Crippen molar-refractivity contribution in [2.45, 2.75) is 32.8 Å². The molecule has 0 saturated carbocycles. The fourth-order valence-electron chi connectivity index (χ4n) is 0.786. The van der Waals surface area contributed by atoms with E-state index in [0.717, 1.165) is 12.8 Å². The fraction of sp³-hybridized carbons (Fsp3) is 0.600. The maximum Gasteiger partial charge on any atom is 0.0577 e. The summed E-state index contributed by atoms with van der Waals surface area (Å²) in [5.74, 6) is 0. The summed E-state index contributed by atoms with van der Waals surface area (Å²) in [6.07, 6.45) is 6.44. The Balaban J connectivity index is 3.77. The van der Waals surface area contributed by atoms with Gasteiger partial charge in [-0.15, -0.1) is 0 Å². The number of ether oxygens (including phenoxy) is 1. The topological polar surface area (TPSA) is 9.23 Å². The van der Waals surface area contributed by atoms with Crippen molar-refractivity contribution in [1.82, 2.24) is 0 Å². The van der Waals surface area contributed by atoms with Crippen LogP contribution in [0.2, 0.25) is 0 Å². The van der Waals surface area contributed by atoms with E-state index in [2.05, 4.69) is 26.5 Å². The van der Waals surface area contributed by atoms with Crippen LogP contribution in [0, 0.1) is 0 Å². The van der Waals surface area contributed by atoms with Gasteiger partial charge in [0.1, 0.15) is 0 Å². The van der Waals surface area contributed by atoms with Crippen LogP contribution in [-0.2, 0) is 4.74 Å². The van der Waals surface area contributed by atoms with E-state index >= 15 is 0 Å². The van der Waals surface area contributed by atoms with Crippen molar-refractivity contribution in [2.75, 3.05) is 7.11 Å². The van der Waals surface area contributed by atoms with Crippen molar-refractivity contribution < 1.29 is 4.74 Å². The molecule has 0 rings (SSSR count). The summed E-state index contributed by atoms with van der Waals surface area (Å²) in [4.78, 5) is 0. The van der Waals surface area contributed by atoms with E-state index in [1.54, 1.807) is 7.11 Å². The highest BCUT2D eigenvalue weighted by molar-refractivity contribution is 5.15. The van der Waals surface area contributed by atoms with Crippen LogP contribution < -0.4 is 0 Å². The summed E-state index contributed by atoms with van der Waals surface area (Å²) < 4.78 is 5.11.